The molecule has 0 saturated heterocycles. The van der Waals surface area contributed by atoms with Gasteiger partial charge in [0.1, 0.15) is 0 Å². The maximum atomic E-state index is 13.8. The number of nitrogens with zero attached hydrogens (tertiary/aromatic N) is 1. The molecule has 5 nitrogen and oxygen atoms in total. The second-order valence-electron chi connectivity index (χ2n) is 8.94. The van der Waals surface area contributed by atoms with Crippen molar-refractivity contribution >= 4 is 11.8 Å². The Hall–Kier alpha value is -1.88. The summed E-state index contributed by atoms with van der Waals surface area (Å²) >= 11 is 0. The summed E-state index contributed by atoms with van der Waals surface area (Å²) in [5.74, 6) is -0.101. The van der Waals surface area contributed by atoms with Gasteiger partial charge in [0.25, 0.3) is 5.91 Å². The second-order valence-corrected chi connectivity index (χ2v) is 8.94. The number of hydrogen-bond donors (Lipinski definition) is 1. The molecule has 2 aliphatic carbocycles. The lowest BCUT2D eigenvalue weighted by atomic mass is 9.64. The highest BCUT2D eigenvalue weighted by molar-refractivity contribution is 6.02. The molecule has 1 aromatic rings. The zero-order valence-corrected chi connectivity index (χ0v) is 17.6. The van der Waals surface area contributed by atoms with Crippen LogP contribution >= 0.6 is 0 Å². The summed E-state index contributed by atoms with van der Waals surface area (Å²) in [4.78, 5) is 29.5. The van der Waals surface area contributed by atoms with Gasteiger partial charge in [-0.2, -0.15) is 0 Å². The van der Waals surface area contributed by atoms with E-state index in [-0.39, 0.29) is 29.3 Å². The molecule has 1 spiro atoms. The first-order valence-corrected chi connectivity index (χ1v) is 11.4. The van der Waals surface area contributed by atoms with E-state index in [1.54, 1.807) is 7.11 Å². The third-order valence-electron chi connectivity index (χ3n) is 7.26. The number of carbonyl (C=O) groups excluding carboxylic acids is 2. The summed E-state index contributed by atoms with van der Waals surface area (Å²) in [5.41, 5.74) is 1.26. The third-order valence-corrected chi connectivity index (χ3v) is 7.26. The molecule has 3 aliphatic rings. The van der Waals surface area contributed by atoms with Crippen molar-refractivity contribution in [3.05, 3.63) is 35.4 Å². The minimum Gasteiger partial charge on any atom is -0.383 e. The average molecular weight is 399 g/mol. The largest absolute Gasteiger partial charge is 0.383 e. The van der Waals surface area contributed by atoms with Crippen molar-refractivity contribution < 1.29 is 14.3 Å². The highest BCUT2D eigenvalue weighted by Gasteiger charge is 2.56. The van der Waals surface area contributed by atoms with Crippen LogP contribution in [0.3, 0.4) is 0 Å². The Balaban J connectivity index is 1.79. The topological polar surface area (TPSA) is 58.6 Å². The van der Waals surface area contributed by atoms with Crippen LogP contribution in [0, 0.1) is 0 Å². The smallest absolute Gasteiger partial charge is 0.254 e. The van der Waals surface area contributed by atoms with Crippen LogP contribution in [-0.4, -0.2) is 48.6 Å². The number of hydrogen-bond acceptors (Lipinski definition) is 3. The SMILES string of the molecule is COCCNC(=O)C1c2ccccc2C(=O)N(C2CCCCC2)C12CCCCC2. The number of fused-ring (bicyclic) bond motifs is 1. The molecule has 158 valence electrons. The maximum Gasteiger partial charge on any atom is 0.254 e. The zero-order chi connectivity index (χ0) is 20.3. The van der Waals surface area contributed by atoms with Crippen LogP contribution in [0.15, 0.2) is 24.3 Å². The summed E-state index contributed by atoms with van der Waals surface area (Å²) in [6, 6.07) is 8.07. The molecule has 29 heavy (non-hydrogen) atoms. The highest BCUT2D eigenvalue weighted by atomic mass is 16.5. The fourth-order valence-electron chi connectivity index (χ4n) is 6.03. The average Bonchev–Trinajstić information content (AvgIpc) is 2.75. The Labute approximate surface area is 174 Å². The van der Waals surface area contributed by atoms with Gasteiger partial charge in [-0.25, -0.2) is 0 Å². The number of carbonyl (C=O) groups is 2. The first-order chi connectivity index (χ1) is 14.2. The van der Waals surface area contributed by atoms with Crippen LogP contribution in [0.1, 0.15) is 86.0 Å². The maximum absolute atomic E-state index is 13.8. The van der Waals surface area contributed by atoms with Gasteiger partial charge in [0.05, 0.1) is 18.1 Å². The van der Waals surface area contributed by atoms with Crippen molar-refractivity contribution in [1.82, 2.24) is 10.2 Å². The molecule has 0 radical (unpaired) electrons. The first-order valence-electron chi connectivity index (χ1n) is 11.4. The van der Waals surface area contributed by atoms with Crippen molar-refractivity contribution in [3.8, 4) is 0 Å². The minimum atomic E-state index is -0.386. The van der Waals surface area contributed by atoms with Crippen molar-refractivity contribution in [1.29, 1.82) is 0 Å². The Morgan fingerprint density at radius 1 is 1.10 bits per heavy atom. The van der Waals surface area contributed by atoms with E-state index in [0.29, 0.717) is 13.2 Å². The predicted molar refractivity (Wildman–Crippen MR) is 113 cm³/mol. The van der Waals surface area contributed by atoms with E-state index >= 15 is 0 Å². The van der Waals surface area contributed by atoms with Gasteiger partial charge < -0.3 is 15.0 Å². The number of nitrogens with one attached hydrogen (secondary N) is 1. The second kappa shape index (κ2) is 8.86. The lowest BCUT2D eigenvalue weighted by molar-refractivity contribution is -0.128. The fourth-order valence-corrected chi connectivity index (χ4v) is 6.03. The van der Waals surface area contributed by atoms with Crippen LogP contribution in [-0.2, 0) is 9.53 Å². The van der Waals surface area contributed by atoms with Gasteiger partial charge in [-0.1, -0.05) is 56.7 Å². The molecular formula is C24H34N2O3. The standard InChI is InChI=1S/C24H34N2O3/c1-29-17-16-25-22(27)21-19-12-6-7-13-20(19)23(28)26(18-10-4-2-5-11-18)24(21)14-8-3-9-15-24/h6-7,12-13,18,21H,2-5,8-11,14-17H2,1H3,(H,25,27). The molecule has 0 aromatic heterocycles. The summed E-state index contributed by atoms with van der Waals surface area (Å²) < 4.78 is 5.14. The monoisotopic (exact) mass is 398 g/mol. The first kappa shape index (κ1) is 20.4. The van der Waals surface area contributed by atoms with E-state index in [0.717, 1.165) is 49.7 Å². The van der Waals surface area contributed by atoms with Crippen LogP contribution < -0.4 is 5.32 Å². The van der Waals surface area contributed by atoms with Gasteiger partial charge >= 0.3 is 0 Å². The molecule has 2 amide bonds. The molecule has 2 saturated carbocycles. The number of rotatable bonds is 5. The lowest BCUT2D eigenvalue weighted by Crippen LogP contribution is -2.65. The molecule has 5 heteroatoms. The summed E-state index contributed by atoms with van der Waals surface area (Å²) in [7, 11) is 1.65. The van der Waals surface area contributed by atoms with Gasteiger partial charge in [-0.3, -0.25) is 9.59 Å². The summed E-state index contributed by atoms with van der Waals surface area (Å²) in [5, 5.41) is 3.10. The Bertz CT molecular complexity index is 735. The molecule has 1 heterocycles. The van der Waals surface area contributed by atoms with Crippen LogP contribution in [0.5, 0.6) is 0 Å². The van der Waals surface area contributed by atoms with Gasteiger partial charge in [-0.15, -0.1) is 0 Å². The summed E-state index contributed by atoms with van der Waals surface area (Å²) in [6.07, 6.45) is 10.9. The molecule has 4 rings (SSSR count). The Morgan fingerprint density at radius 2 is 1.79 bits per heavy atom. The molecule has 1 aromatic carbocycles. The van der Waals surface area contributed by atoms with Crippen LogP contribution in [0.25, 0.3) is 0 Å². The van der Waals surface area contributed by atoms with E-state index in [4.69, 9.17) is 4.74 Å². The molecule has 1 N–H and O–H groups in total. The number of methoxy groups -OCH3 is 1. The fraction of sp³-hybridized carbons (Fsp3) is 0.667. The van der Waals surface area contributed by atoms with E-state index in [9.17, 15) is 9.59 Å². The molecule has 1 atom stereocenters. The number of benzene rings is 1. The number of amides is 2. The van der Waals surface area contributed by atoms with Crippen molar-refractivity contribution in [2.75, 3.05) is 20.3 Å². The molecule has 1 unspecified atom stereocenters. The van der Waals surface area contributed by atoms with Gasteiger partial charge in [0, 0.05) is 25.3 Å². The van der Waals surface area contributed by atoms with E-state index < -0.39 is 0 Å². The third kappa shape index (κ3) is 3.70. The zero-order valence-electron chi connectivity index (χ0n) is 17.6. The van der Waals surface area contributed by atoms with Gasteiger partial charge in [0.2, 0.25) is 5.91 Å². The van der Waals surface area contributed by atoms with Crippen molar-refractivity contribution in [2.45, 2.75) is 81.7 Å². The molecule has 0 bridgehead atoms. The van der Waals surface area contributed by atoms with Crippen LogP contribution in [0.2, 0.25) is 0 Å². The van der Waals surface area contributed by atoms with E-state index in [1.807, 2.05) is 24.3 Å². The number of ether oxygens (including phenoxy) is 1. The normalized spacial score (nSPS) is 24.4. The van der Waals surface area contributed by atoms with E-state index in [1.165, 1.54) is 25.7 Å². The summed E-state index contributed by atoms with van der Waals surface area (Å²) in [6.45, 7) is 1.000. The van der Waals surface area contributed by atoms with E-state index in [2.05, 4.69) is 10.2 Å². The lowest BCUT2D eigenvalue weighted by Gasteiger charge is -2.57. The quantitative estimate of drug-likeness (QED) is 0.762. The highest BCUT2D eigenvalue weighted by Crippen LogP contribution is 2.51. The predicted octanol–water partition coefficient (Wildman–Crippen LogP) is 4.02. The molecule has 1 aliphatic heterocycles. The van der Waals surface area contributed by atoms with Crippen molar-refractivity contribution in [2.24, 2.45) is 0 Å². The van der Waals surface area contributed by atoms with Crippen molar-refractivity contribution in [3.63, 3.8) is 0 Å². The molecule has 2 fully saturated rings. The van der Waals surface area contributed by atoms with Gasteiger partial charge in [0.15, 0.2) is 0 Å². The molecular weight excluding hydrogens is 364 g/mol. The van der Waals surface area contributed by atoms with Gasteiger partial charge in [-0.05, 0) is 37.3 Å². The Morgan fingerprint density at radius 3 is 2.52 bits per heavy atom. The van der Waals surface area contributed by atoms with Crippen LogP contribution in [0.4, 0.5) is 0 Å². The minimum absolute atomic E-state index is 0.0460. The Kier molecular flexibility index (Phi) is 6.23.